The molecule has 0 spiro atoms. The Labute approximate surface area is 159 Å². The van der Waals surface area contributed by atoms with Crippen molar-refractivity contribution in [2.24, 2.45) is 0 Å². The number of carbonyl (C=O) groups excluding carboxylic acids is 1. The Balaban J connectivity index is 1.64. The van der Waals surface area contributed by atoms with E-state index in [1.165, 1.54) is 19.0 Å². The summed E-state index contributed by atoms with van der Waals surface area (Å²) in [6.45, 7) is 1.97. The minimum Gasteiger partial charge on any atom is -0.480 e. The predicted octanol–water partition coefficient (Wildman–Crippen LogP) is 2.89. The van der Waals surface area contributed by atoms with Crippen LogP contribution in [0.1, 0.15) is 41.6 Å². The van der Waals surface area contributed by atoms with Crippen molar-refractivity contribution in [1.29, 1.82) is 0 Å². The van der Waals surface area contributed by atoms with E-state index in [9.17, 15) is 14.7 Å². The lowest BCUT2D eigenvalue weighted by atomic mass is 10.1. The van der Waals surface area contributed by atoms with E-state index in [1.807, 2.05) is 36.4 Å². The van der Waals surface area contributed by atoms with Gasteiger partial charge in [0.05, 0.1) is 5.56 Å². The monoisotopic (exact) mass is 367 g/mol. The number of hydrogen-bond donors (Lipinski definition) is 2. The van der Waals surface area contributed by atoms with Crippen LogP contribution in [-0.4, -0.2) is 41.1 Å². The van der Waals surface area contributed by atoms with E-state index in [2.05, 4.69) is 15.2 Å². The third-order valence-corrected chi connectivity index (χ3v) is 4.83. The molecule has 0 saturated carbocycles. The van der Waals surface area contributed by atoms with E-state index < -0.39 is 17.9 Å². The summed E-state index contributed by atoms with van der Waals surface area (Å²) in [6, 6.07) is 11.8. The molecule has 142 valence electrons. The van der Waals surface area contributed by atoms with Crippen molar-refractivity contribution in [3.8, 4) is 0 Å². The fourth-order valence-corrected chi connectivity index (χ4v) is 3.30. The summed E-state index contributed by atoms with van der Waals surface area (Å²) in [4.78, 5) is 30.7. The van der Waals surface area contributed by atoms with Crippen molar-refractivity contribution in [2.75, 3.05) is 18.0 Å². The largest absolute Gasteiger partial charge is 0.480 e. The third kappa shape index (κ3) is 5.29. The van der Waals surface area contributed by atoms with E-state index in [4.69, 9.17) is 0 Å². The van der Waals surface area contributed by atoms with Crippen molar-refractivity contribution < 1.29 is 14.7 Å². The highest BCUT2D eigenvalue weighted by atomic mass is 16.4. The average molecular weight is 367 g/mol. The predicted molar refractivity (Wildman–Crippen MR) is 104 cm³/mol. The normalized spacial score (nSPS) is 15.6. The molecule has 3 rings (SSSR count). The maximum atomic E-state index is 12.5. The number of pyridine rings is 1. The molecule has 2 heterocycles. The summed E-state index contributed by atoms with van der Waals surface area (Å²) in [7, 11) is 0. The Morgan fingerprint density at radius 2 is 1.74 bits per heavy atom. The van der Waals surface area contributed by atoms with Gasteiger partial charge in [-0.3, -0.25) is 4.79 Å². The van der Waals surface area contributed by atoms with E-state index in [0.717, 1.165) is 37.3 Å². The van der Waals surface area contributed by atoms with Crippen LogP contribution >= 0.6 is 0 Å². The van der Waals surface area contributed by atoms with E-state index >= 15 is 0 Å². The molecule has 1 aromatic carbocycles. The van der Waals surface area contributed by atoms with Gasteiger partial charge in [-0.05, 0) is 30.5 Å². The van der Waals surface area contributed by atoms with E-state index in [1.54, 1.807) is 6.07 Å². The number of carboxylic acids is 1. The van der Waals surface area contributed by atoms with Crippen LogP contribution in [0.2, 0.25) is 0 Å². The highest BCUT2D eigenvalue weighted by Gasteiger charge is 2.21. The van der Waals surface area contributed by atoms with E-state index in [-0.39, 0.29) is 6.42 Å². The van der Waals surface area contributed by atoms with Crippen molar-refractivity contribution in [2.45, 2.75) is 38.1 Å². The summed E-state index contributed by atoms with van der Waals surface area (Å²) in [5.41, 5.74) is 1.23. The molecule has 1 aromatic heterocycles. The fourth-order valence-electron chi connectivity index (χ4n) is 3.30. The number of rotatable bonds is 6. The SMILES string of the molecule is O=C(NC(Cc1ccccc1)C(=O)O)c1ccc(N2CCCCCC2)nc1. The topological polar surface area (TPSA) is 82.5 Å². The molecule has 0 aliphatic carbocycles. The third-order valence-electron chi connectivity index (χ3n) is 4.83. The van der Waals surface area contributed by atoms with Gasteiger partial charge >= 0.3 is 5.97 Å². The number of amides is 1. The summed E-state index contributed by atoms with van der Waals surface area (Å²) < 4.78 is 0. The zero-order chi connectivity index (χ0) is 19.1. The first-order valence-electron chi connectivity index (χ1n) is 9.42. The van der Waals surface area contributed by atoms with E-state index in [0.29, 0.717) is 5.56 Å². The van der Waals surface area contributed by atoms with Crippen molar-refractivity contribution in [3.05, 3.63) is 59.8 Å². The lowest BCUT2D eigenvalue weighted by molar-refractivity contribution is -0.139. The fraction of sp³-hybridized carbons (Fsp3) is 0.381. The molecule has 1 aliphatic heterocycles. The van der Waals surface area contributed by atoms with Crippen molar-refractivity contribution in [1.82, 2.24) is 10.3 Å². The smallest absolute Gasteiger partial charge is 0.326 e. The number of aromatic nitrogens is 1. The van der Waals surface area contributed by atoms with Gasteiger partial charge in [-0.2, -0.15) is 0 Å². The highest BCUT2D eigenvalue weighted by molar-refractivity contribution is 5.96. The Bertz CT molecular complexity index is 754. The van der Waals surface area contributed by atoms with Crippen LogP contribution in [0.5, 0.6) is 0 Å². The zero-order valence-electron chi connectivity index (χ0n) is 15.3. The molecular weight excluding hydrogens is 342 g/mol. The minimum atomic E-state index is -1.05. The molecule has 1 fully saturated rings. The van der Waals surface area contributed by atoms with Gasteiger partial charge in [-0.1, -0.05) is 43.2 Å². The lowest BCUT2D eigenvalue weighted by Crippen LogP contribution is -2.42. The summed E-state index contributed by atoms with van der Waals surface area (Å²) in [5.74, 6) is -0.609. The van der Waals surface area contributed by atoms with Gasteiger partial charge in [0.1, 0.15) is 11.9 Å². The van der Waals surface area contributed by atoms with Gasteiger partial charge in [-0.15, -0.1) is 0 Å². The Hall–Kier alpha value is -2.89. The molecule has 6 heteroatoms. The number of carbonyl (C=O) groups is 2. The molecule has 1 atom stereocenters. The summed E-state index contributed by atoms with van der Waals surface area (Å²) >= 11 is 0. The molecule has 1 aliphatic rings. The highest BCUT2D eigenvalue weighted by Crippen LogP contribution is 2.17. The van der Waals surface area contributed by atoms with Gasteiger partial charge in [0, 0.05) is 25.7 Å². The molecule has 0 bridgehead atoms. The molecule has 2 N–H and O–H groups in total. The van der Waals surface area contributed by atoms with Crippen LogP contribution in [0.4, 0.5) is 5.82 Å². The zero-order valence-corrected chi connectivity index (χ0v) is 15.3. The summed E-state index contributed by atoms with van der Waals surface area (Å²) in [6.07, 6.45) is 6.57. The second-order valence-electron chi connectivity index (χ2n) is 6.86. The second kappa shape index (κ2) is 9.16. The Morgan fingerprint density at radius 3 is 2.33 bits per heavy atom. The molecular formula is C21H25N3O3. The number of nitrogens with zero attached hydrogens (tertiary/aromatic N) is 2. The van der Waals surface area contributed by atoms with Crippen molar-refractivity contribution >= 4 is 17.7 Å². The molecule has 6 nitrogen and oxygen atoms in total. The molecule has 1 unspecified atom stereocenters. The first kappa shape index (κ1) is 18.9. The van der Waals surface area contributed by atoms with Gasteiger partial charge in [0.15, 0.2) is 0 Å². The number of aliphatic carboxylic acids is 1. The van der Waals surface area contributed by atoms with Gasteiger partial charge in [0.25, 0.3) is 5.91 Å². The molecule has 27 heavy (non-hydrogen) atoms. The van der Waals surface area contributed by atoms with Crippen molar-refractivity contribution in [3.63, 3.8) is 0 Å². The number of anilines is 1. The van der Waals surface area contributed by atoms with Gasteiger partial charge in [-0.25, -0.2) is 9.78 Å². The van der Waals surface area contributed by atoms with Crippen LogP contribution in [0.25, 0.3) is 0 Å². The molecule has 0 radical (unpaired) electrons. The number of benzene rings is 1. The second-order valence-corrected chi connectivity index (χ2v) is 6.86. The Kier molecular flexibility index (Phi) is 6.41. The van der Waals surface area contributed by atoms with Gasteiger partial charge in [0.2, 0.25) is 0 Å². The average Bonchev–Trinajstić information content (AvgIpc) is 2.98. The maximum Gasteiger partial charge on any atom is 0.326 e. The maximum absolute atomic E-state index is 12.5. The van der Waals surface area contributed by atoms with Crippen LogP contribution in [0.3, 0.4) is 0 Å². The Morgan fingerprint density at radius 1 is 1.04 bits per heavy atom. The van der Waals surface area contributed by atoms with Crippen LogP contribution in [0, 0.1) is 0 Å². The first-order valence-corrected chi connectivity index (χ1v) is 9.42. The van der Waals surface area contributed by atoms with Crippen LogP contribution in [0.15, 0.2) is 48.7 Å². The number of carboxylic acid groups (broad SMARTS) is 1. The number of hydrogen-bond acceptors (Lipinski definition) is 4. The lowest BCUT2D eigenvalue weighted by Gasteiger charge is -2.21. The molecule has 2 aromatic rings. The van der Waals surface area contributed by atoms with Gasteiger partial charge < -0.3 is 15.3 Å². The standard InChI is InChI=1S/C21H25N3O3/c25-20(23-18(21(26)27)14-16-8-4-3-5-9-16)17-10-11-19(22-15-17)24-12-6-1-2-7-13-24/h3-5,8-11,15,18H,1-2,6-7,12-14H2,(H,23,25)(H,26,27). The van der Waals surface area contributed by atoms with Crippen LogP contribution in [-0.2, 0) is 11.2 Å². The molecule has 1 amide bonds. The molecule has 1 saturated heterocycles. The first-order chi connectivity index (χ1) is 13.1. The summed E-state index contributed by atoms with van der Waals surface area (Å²) in [5, 5.41) is 12.0. The van der Waals surface area contributed by atoms with Crippen LogP contribution < -0.4 is 10.2 Å². The number of nitrogens with one attached hydrogen (secondary N) is 1. The quantitative estimate of drug-likeness (QED) is 0.820. The minimum absolute atomic E-state index is 0.237.